The van der Waals surface area contributed by atoms with Gasteiger partial charge in [0.2, 0.25) is 0 Å². The molecule has 1 aromatic carbocycles. The first kappa shape index (κ1) is 13.9. The van der Waals surface area contributed by atoms with Crippen LogP contribution in [-0.2, 0) is 6.54 Å². The molecule has 1 aromatic heterocycles. The molecular formula is C15H18N2OS. The minimum atomic E-state index is 0.505. The highest BCUT2D eigenvalue weighted by Gasteiger charge is 2.09. The van der Waals surface area contributed by atoms with Crippen LogP contribution in [0.25, 0.3) is 0 Å². The van der Waals surface area contributed by atoms with Gasteiger partial charge in [0, 0.05) is 33.3 Å². The zero-order valence-electron chi connectivity index (χ0n) is 11.4. The molecule has 0 aliphatic carbocycles. The van der Waals surface area contributed by atoms with Crippen LogP contribution in [0, 0.1) is 13.8 Å². The van der Waals surface area contributed by atoms with Gasteiger partial charge in [0.1, 0.15) is 5.75 Å². The van der Waals surface area contributed by atoms with Gasteiger partial charge in [0.05, 0.1) is 7.11 Å². The minimum absolute atomic E-state index is 0.505. The molecule has 2 rings (SSSR count). The Hall–Kier alpha value is -1.52. The molecule has 2 N–H and O–H groups in total. The molecule has 4 heteroatoms. The second-order valence-corrected chi connectivity index (χ2v) is 5.43. The number of hydrogen-bond donors (Lipinski definition) is 1. The molecule has 3 nitrogen and oxygen atoms in total. The van der Waals surface area contributed by atoms with E-state index in [0.29, 0.717) is 6.54 Å². The fourth-order valence-corrected chi connectivity index (χ4v) is 3.11. The molecule has 0 saturated heterocycles. The van der Waals surface area contributed by atoms with E-state index in [0.717, 1.165) is 27.6 Å². The molecule has 0 unspecified atom stereocenters. The number of nitrogens with two attached hydrogens (primary N) is 1. The smallest absolute Gasteiger partial charge is 0.119 e. The maximum atomic E-state index is 5.83. The van der Waals surface area contributed by atoms with E-state index in [2.05, 4.69) is 17.1 Å². The van der Waals surface area contributed by atoms with E-state index in [1.165, 1.54) is 4.90 Å². The SMILES string of the molecule is COc1cccc(Sc2cc(C)nc(C)c2CN)c1. The van der Waals surface area contributed by atoms with Crippen molar-refractivity contribution in [2.24, 2.45) is 5.73 Å². The Morgan fingerprint density at radius 1 is 1.26 bits per heavy atom. The van der Waals surface area contributed by atoms with Crippen LogP contribution in [0.2, 0.25) is 0 Å². The molecule has 0 amide bonds. The van der Waals surface area contributed by atoms with E-state index in [-0.39, 0.29) is 0 Å². The summed E-state index contributed by atoms with van der Waals surface area (Å²) in [5.74, 6) is 0.863. The van der Waals surface area contributed by atoms with Crippen molar-refractivity contribution in [3.8, 4) is 5.75 Å². The number of aryl methyl sites for hydroxylation is 2. The zero-order chi connectivity index (χ0) is 13.8. The summed E-state index contributed by atoms with van der Waals surface area (Å²) in [6, 6.07) is 10.1. The molecule has 0 saturated carbocycles. The van der Waals surface area contributed by atoms with Crippen LogP contribution in [0.5, 0.6) is 5.75 Å². The summed E-state index contributed by atoms with van der Waals surface area (Å²) in [6.45, 7) is 4.51. The Morgan fingerprint density at radius 3 is 2.74 bits per heavy atom. The maximum absolute atomic E-state index is 5.83. The van der Waals surface area contributed by atoms with Crippen molar-refractivity contribution in [3.05, 3.63) is 47.3 Å². The Balaban J connectivity index is 2.36. The monoisotopic (exact) mass is 274 g/mol. The molecule has 0 fully saturated rings. The average Bonchev–Trinajstić information content (AvgIpc) is 2.38. The van der Waals surface area contributed by atoms with Crippen LogP contribution in [0.4, 0.5) is 0 Å². The molecule has 0 aliphatic rings. The van der Waals surface area contributed by atoms with Crippen LogP contribution in [0.15, 0.2) is 40.1 Å². The lowest BCUT2D eigenvalue weighted by atomic mass is 10.2. The van der Waals surface area contributed by atoms with Crippen LogP contribution in [0.1, 0.15) is 17.0 Å². The van der Waals surface area contributed by atoms with Gasteiger partial charge in [-0.1, -0.05) is 17.8 Å². The van der Waals surface area contributed by atoms with E-state index in [1.807, 2.05) is 32.0 Å². The third-order valence-electron chi connectivity index (χ3n) is 2.89. The van der Waals surface area contributed by atoms with Gasteiger partial charge < -0.3 is 10.5 Å². The van der Waals surface area contributed by atoms with Crippen LogP contribution < -0.4 is 10.5 Å². The van der Waals surface area contributed by atoms with Crippen molar-refractivity contribution in [1.29, 1.82) is 0 Å². The van der Waals surface area contributed by atoms with Gasteiger partial charge in [-0.2, -0.15) is 0 Å². The Bertz CT molecular complexity index is 584. The Morgan fingerprint density at radius 2 is 2.05 bits per heavy atom. The van der Waals surface area contributed by atoms with Crippen molar-refractivity contribution in [2.75, 3.05) is 7.11 Å². The first-order chi connectivity index (χ1) is 9.13. The molecule has 1 heterocycles. The largest absolute Gasteiger partial charge is 0.497 e. The molecule has 0 radical (unpaired) electrons. The van der Waals surface area contributed by atoms with Crippen molar-refractivity contribution in [3.63, 3.8) is 0 Å². The fourth-order valence-electron chi connectivity index (χ4n) is 1.95. The number of nitrogens with zero attached hydrogens (tertiary/aromatic N) is 1. The predicted molar refractivity (Wildman–Crippen MR) is 78.7 cm³/mol. The van der Waals surface area contributed by atoms with Crippen LogP contribution in [0.3, 0.4) is 0 Å². The lowest BCUT2D eigenvalue weighted by Crippen LogP contribution is -2.04. The lowest BCUT2D eigenvalue weighted by Gasteiger charge is -2.11. The number of aromatic nitrogens is 1. The van der Waals surface area contributed by atoms with E-state index >= 15 is 0 Å². The summed E-state index contributed by atoms with van der Waals surface area (Å²) in [5, 5.41) is 0. The highest BCUT2D eigenvalue weighted by atomic mass is 32.2. The van der Waals surface area contributed by atoms with Crippen molar-refractivity contribution >= 4 is 11.8 Å². The second-order valence-electron chi connectivity index (χ2n) is 4.31. The molecule has 0 spiro atoms. The van der Waals surface area contributed by atoms with Gasteiger partial charge in [0.25, 0.3) is 0 Å². The summed E-state index contributed by atoms with van der Waals surface area (Å²) < 4.78 is 5.25. The third kappa shape index (κ3) is 3.28. The van der Waals surface area contributed by atoms with Crippen molar-refractivity contribution in [1.82, 2.24) is 4.98 Å². The van der Waals surface area contributed by atoms with Crippen LogP contribution in [-0.4, -0.2) is 12.1 Å². The van der Waals surface area contributed by atoms with Crippen LogP contribution >= 0.6 is 11.8 Å². The molecule has 0 aliphatic heterocycles. The fraction of sp³-hybridized carbons (Fsp3) is 0.267. The normalized spacial score (nSPS) is 10.5. The highest BCUT2D eigenvalue weighted by molar-refractivity contribution is 7.99. The standard InChI is InChI=1S/C15H18N2OS/c1-10-7-15(14(9-16)11(2)17-10)19-13-6-4-5-12(8-13)18-3/h4-8H,9,16H2,1-3H3. The van der Waals surface area contributed by atoms with Gasteiger partial charge in [-0.25, -0.2) is 0 Å². The Kier molecular flexibility index (Phi) is 4.45. The quantitative estimate of drug-likeness (QED) is 0.929. The predicted octanol–water partition coefficient (Wildman–Crippen LogP) is 3.32. The summed E-state index contributed by atoms with van der Waals surface area (Å²) in [7, 11) is 1.68. The van der Waals surface area contributed by atoms with Gasteiger partial charge >= 0.3 is 0 Å². The maximum Gasteiger partial charge on any atom is 0.119 e. The van der Waals surface area contributed by atoms with Gasteiger partial charge in [-0.3, -0.25) is 4.98 Å². The number of ether oxygens (including phenoxy) is 1. The second kappa shape index (κ2) is 6.08. The number of benzene rings is 1. The zero-order valence-corrected chi connectivity index (χ0v) is 12.3. The van der Waals surface area contributed by atoms with Crippen molar-refractivity contribution < 1.29 is 4.74 Å². The number of hydrogen-bond acceptors (Lipinski definition) is 4. The lowest BCUT2D eigenvalue weighted by molar-refractivity contribution is 0.413. The third-order valence-corrected chi connectivity index (χ3v) is 3.97. The Labute approximate surface area is 118 Å². The van der Waals surface area contributed by atoms with Gasteiger partial charge in [-0.05, 0) is 38.1 Å². The first-order valence-corrected chi connectivity index (χ1v) is 6.94. The van der Waals surface area contributed by atoms with E-state index in [4.69, 9.17) is 10.5 Å². The molecule has 2 aromatic rings. The van der Waals surface area contributed by atoms with E-state index in [9.17, 15) is 0 Å². The highest BCUT2D eigenvalue weighted by Crippen LogP contribution is 2.33. The molecule has 0 bridgehead atoms. The minimum Gasteiger partial charge on any atom is -0.497 e. The van der Waals surface area contributed by atoms with Crippen molar-refractivity contribution in [2.45, 2.75) is 30.2 Å². The summed E-state index contributed by atoms with van der Waals surface area (Å²) in [5.41, 5.74) is 8.96. The number of rotatable bonds is 4. The summed E-state index contributed by atoms with van der Waals surface area (Å²) >= 11 is 1.70. The van der Waals surface area contributed by atoms with E-state index < -0.39 is 0 Å². The molecule has 0 atom stereocenters. The van der Waals surface area contributed by atoms with E-state index in [1.54, 1.807) is 18.9 Å². The summed E-state index contributed by atoms with van der Waals surface area (Å²) in [4.78, 5) is 6.77. The average molecular weight is 274 g/mol. The topological polar surface area (TPSA) is 48.1 Å². The summed E-state index contributed by atoms with van der Waals surface area (Å²) in [6.07, 6.45) is 0. The number of pyridine rings is 1. The van der Waals surface area contributed by atoms with Gasteiger partial charge in [0.15, 0.2) is 0 Å². The molecule has 100 valence electrons. The van der Waals surface area contributed by atoms with Gasteiger partial charge in [-0.15, -0.1) is 0 Å². The number of methoxy groups -OCH3 is 1. The molecule has 19 heavy (non-hydrogen) atoms. The molecular weight excluding hydrogens is 256 g/mol. The first-order valence-electron chi connectivity index (χ1n) is 6.13.